The van der Waals surface area contributed by atoms with Crippen molar-refractivity contribution in [3.8, 4) is 0 Å². The Morgan fingerprint density at radius 3 is 2.06 bits per heavy atom. The summed E-state index contributed by atoms with van der Waals surface area (Å²) in [4.78, 5) is 14.3. The van der Waals surface area contributed by atoms with Crippen LogP contribution in [0.25, 0.3) is 0 Å². The Bertz CT molecular complexity index is 255. The molecule has 0 aromatic rings. The fourth-order valence-corrected chi connectivity index (χ4v) is 3.14. The molecule has 0 heterocycles. The quantitative estimate of drug-likeness (QED) is 0.799. The molecule has 1 amide bonds. The summed E-state index contributed by atoms with van der Waals surface area (Å²) in [5.74, 6) is 1.20. The topological polar surface area (TPSA) is 46.3 Å². The van der Waals surface area contributed by atoms with Gasteiger partial charge in [0.25, 0.3) is 0 Å². The monoisotopic (exact) mass is 238 g/mol. The van der Waals surface area contributed by atoms with E-state index in [0.717, 1.165) is 5.92 Å². The Kier molecular flexibility index (Phi) is 4.43. The second kappa shape index (κ2) is 5.85. The highest BCUT2D eigenvalue weighted by molar-refractivity contribution is 5.77. The lowest BCUT2D eigenvalue weighted by atomic mass is 9.83. The minimum atomic E-state index is 0.301. The molecule has 2 aliphatic carbocycles. The number of amides is 1. The number of rotatable bonds is 5. The molecule has 2 fully saturated rings. The van der Waals surface area contributed by atoms with E-state index < -0.39 is 0 Å². The van der Waals surface area contributed by atoms with Crippen molar-refractivity contribution in [1.29, 1.82) is 0 Å². The molecule has 2 N–H and O–H groups in total. The van der Waals surface area contributed by atoms with Crippen LogP contribution in [-0.2, 0) is 4.79 Å². The predicted octanol–water partition coefficient (Wildman–Crippen LogP) is 2.29. The van der Waals surface area contributed by atoms with Crippen LogP contribution in [0.3, 0.4) is 0 Å². The molecule has 0 unspecified atom stereocenters. The zero-order valence-corrected chi connectivity index (χ0v) is 11.0. The Morgan fingerprint density at radius 2 is 1.65 bits per heavy atom. The fourth-order valence-electron chi connectivity index (χ4n) is 3.14. The van der Waals surface area contributed by atoms with Crippen LogP contribution in [-0.4, -0.2) is 29.4 Å². The number of nitrogens with zero attached hydrogens (tertiary/aromatic N) is 1. The second-order valence-corrected chi connectivity index (χ2v) is 5.65. The van der Waals surface area contributed by atoms with Crippen LogP contribution < -0.4 is 5.73 Å². The molecule has 2 rings (SSSR count). The third-order valence-electron chi connectivity index (χ3n) is 4.37. The highest BCUT2D eigenvalue weighted by atomic mass is 16.2. The zero-order valence-electron chi connectivity index (χ0n) is 11.0. The van der Waals surface area contributed by atoms with E-state index in [1.807, 2.05) is 0 Å². The lowest BCUT2D eigenvalue weighted by Crippen LogP contribution is -2.44. The van der Waals surface area contributed by atoms with Gasteiger partial charge in [0.2, 0.25) is 5.91 Å². The summed E-state index contributed by atoms with van der Waals surface area (Å²) in [5.41, 5.74) is 5.51. The van der Waals surface area contributed by atoms with Crippen molar-refractivity contribution in [2.75, 3.05) is 6.54 Å². The summed E-state index contributed by atoms with van der Waals surface area (Å²) in [6.45, 7) is 2.77. The van der Waals surface area contributed by atoms with Crippen LogP contribution in [0, 0.1) is 5.92 Å². The zero-order chi connectivity index (χ0) is 12.3. The smallest absolute Gasteiger partial charge is 0.224 e. The lowest BCUT2D eigenvalue weighted by molar-refractivity contribution is -0.134. The Balaban J connectivity index is 1.90. The normalized spacial score (nSPS) is 29.1. The van der Waals surface area contributed by atoms with E-state index in [9.17, 15) is 4.79 Å². The van der Waals surface area contributed by atoms with E-state index >= 15 is 0 Å². The van der Waals surface area contributed by atoms with Crippen molar-refractivity contribution in [3.05, 3.63) is 0 Å². The number of carbonyl (C=O) groups is 1. The number of nitrogens with two attached hydrogens (primary N) is 1. The number of carbonyl (C=O) groups excluding carboxylic acids is 1. The van der Waals surface area contributed by atoms with E-state index in [2.05, 4.69) is 11.8 Å². The molecule has 0 saturated heterocycles. The van der Waals surface area contributed by atoms with Crippen molar-refractivity contribution >= 4 is 5.91 Å². The largest absolute Gasteiger partial charge is 0.337 e. The summed E-state index contributed by atoms with van der Waals surface area (Å²) in [6.07, 6.45) is 9.29. The first-order valence-corrected chi connectivity index (χ1v) is 7.27. The summed E-state index contributed by atoms with van der Waals surface area (Å²) >= 11 is 0. The van der Waals surface area contributed by atoms with Crippen LogP contribution in [0.15, 0.2) is 0 Å². The second-order valence-electron chi connectivity index (χ2n) is 5.65. The number of hydrogen-bond acceptors (Lipinski definition) is 2. The molecule has 0 atom stereocenters. The van der Waals surface area contributed by atoms with Crippen LogP contribution in [0.5, 0.6) is 0 Å². The van der Waals surface area contributed by atoms with Crippen LogP contribution in [0.4, 0.5) is 0 Å². The molecule has 98 valence electrons. The summed E-state index contributed by atoms with van der Waals surface area (Å²) in [6, 6.07) is 1.07. The molecule has 0 aliphatic heterocycles. The highest BCUT2D eigenvalue weighted by Crippen LogP contribution is 2.36. The summed E-state index contributed by atoms with van der Waals surface area (Å²) < 4.78 is 0. The van der Waals surface area contributed by atoms with Gasteiger partial charge in [-0.2, -0.15) is 0 Å². The predicted molar refractivity (Wildman–Crippen MR) is 69.6 cm³/mol. The van der Waals surface area contributed by atoms with Crippen LogP contribution in [0.1, 0.15) is 58.3 Å². The van der Waals surface area contributed by atoms with Crippen molar-refractivity contribution in [2.24, 2.45) is 11.7 Å². The van der Waals surface area contributed by atoms with Gasteiger partial charge in [0.15, 0.2) is 0 Å². The maximum absolute atomic E-state index is 12.1. The minimum absolute atomic E-state index is 0.301. The maximum Gasteiger partial charge on any atom is 0.224 e. The van der Waals surface area contributed by atoms with Gasteiger partial charge in [0.1, 0.15) is 0 Å². The molecule has 0 aromatic heterocycles. The Hall–Kier alpha value is -0.570. The Morgan fingerprint density at radius 1 is 1.12 bits per heavy atom. The standard InChI is InChI=1S/C14H26N2O/c1-2-11-3-5-12(6-4-11)16(13-7-8-13)14(17)9-10-15/h11-13H,2-10,15H2,1H3. The summed E-state index contributed by atoms with van der Waals surface area (Å²) in [5, 5.41) is 0. The van der Waals surface area contributed by atoms with E-state index in [1.54, 1.807) is 0 Å². The van der Waals surface area contributed by atoms with E-state index in [0.29, 0.717) is 31.0 Å². The first-order valence-electron chi connectivity index (χ1n) is 7.27. The summed E-state index contributed by atoms with van der Waals surface area (Å²) in [7, 11) is 0. The van der Waals surface area contributed by atoms with Gasteiger partial charge in [-0.25, -0.2) is 0 Å². The highest BCUT2D eigenvalue weighted by Gasteiger charge is 2.37. The molecule has 2 aliphatic rings. The average Bonchev–Trinajstić information content (AvgIpc) is 3.15. The van der Waals surface area contributed by atoms with E-state index in [-0.39, 0.29) is 0 Å². The molecule has 17 heavy (non-hydrogen) atoms. The van der Waals surface area contributed by atoms with Gasteiger partial charge in [-0.1, -0.05) is 13.3 Å². The SMILES string of the molecule is CCC1CCC(N(C(=O)CCN)C2CC2)CC1. The molecule has 0 aromatic carbocycles. The molecule has 0 bridgehead atoms. The van der Waals surface area contributed by atoms with Crippen molar-refractivity contribution < 1.29 is 4.79 Å². The maximum atomic E-state index is 12.1. The van der Waals surface area contributed by atoms with Crippen molar-refractivity contribution in [3.63, 3.8) is 0 Å². The van der Waals surface area contributed by atoms with Gasteiger partial charge in [-0.3, -0.25) is 4.79 Å². The molecule has 0 spiro atoms. The van der Waals surface area contributed by atoms with Crippen molar-refractivity contribution in [1.82, 2.24) is 4.90 Å². The van der Waals surface area contributed by atoms with Gasteiger partial charge in [-0.15, -0.1) is 0 Å². The van der Waals surface area contributed by atoms with Crippen LogP contribution >= 0.6 is 0 Å². The molecular formula is C14H26N2O. The first kappa shape index (κ1) is 12.9. The van der Waals surface area contributed by atoms with E-state index in [4.69, 9.17) is 5.73 Å². The molecule has 2 saturated carbocycles. The molecule has 3 heteroatoms. The van der Waals surface area contributed by atoms with Crippen LogP contribution in [0.2, 0.25) is 0 Å². The van der Waals surface area contributed by atoms with Crippen molar-refractivity contribution in [2.45, 2.75) is 70.4 Å². The van der Waals surface area contributed by atoms with Gasteiger partial charge >= 0.3 is 0 Å². The molecule has 0 radical (unpaired) electrons. The Labute approximate surface area is 105 Å². The first-order chi connectivity index (χ1) is 8.26. The van der Waals surface area contributed by atoms with E-state index in [1.165, 1.54) is 44.9 Å². The van der Waals surface area contributed by atoms with Gasteiger partial charge in [0, 0.05) is 25.0 Å². The number of hydrogen-bond donors (Lipinski definition) is 1. The molecule has 3 nitrogen and oxygen atoms in total. The van der Waals surface area contributed by atoms with Gasteiger partial charge in [-0.05, 0) is 44.4 Å². The average molecular weight is 238 g/mol. The fraction of sp³-hybridized carbons (Fsp3) is 0.929. The lowest BCUT2D eigenvalue weighted by Gasteiger charge is -2.37. The third-order valence-corrected chi connectivity index (χ3v) is 4.37. The minimum Gasteiger partial charge on any atom is -0.337 e. The molecular weight excluding hydrogens is 212 g/mol. The van der Waals surface area contributed by atoms with Gasteiger partial charge in [0.05, 0.1) is 0 Å². The van der Waals surface area contributed by atoms with Gasteiger partial charge < -0.3 is 10.6 Å². The third kappa shape index (κ3) is 3.21.